The van der Waals surface area contributed by atoms with Gasteiger partial charge in [0, 0.05) is 23.9 Å². The van der Waals surface area contributed by atoms with Gasteiger partial charge in [0.15, 0.2) is 0 Å². The van der Waals surface area contributed by atoms with E-state index in [0.29, 0.717) is 25.2 Å². The molecule has 4 nitrogen and oxygen atoms in total. The summed E-state index contributed by atoms with van der Waals surface area (Å²) >= 11 is 0. The first-order chi connectivity index (χ1) is 10.2. The van der Waals surface area contributed by atoms with E-state index >= 15 is 0 Å². The van der Waals surface area contributed by atoms with Gasteiger partial charge >= 0.3 is 0 Å². The molecule has 0 unspecified atom stereocenters. The number of rotatable bonds is 4. The number of hydrogen-bond acceptors (Lipinski definition) is 3. The van der Waals surface area contributed by atoms with Crippen LogP contribution in [0.15, 0.2) is 12.3 Å². The molecule has 0 N–H and O–H groups in total. The maximum Gasteiger partial charge on any atom is 0.256 e. The van der Waals surface area contributed by atoms with Gasteiger partial charge in [0.05, 0.1) is 24.8 Å². The first-order valence-corrected chi connectivity index (χ1v) is 8.11. The fraction of sp³-hybridized carbons (Fsp3) is 0.647. The zero-order chi connectivity index (χ0) is 14.4. The van der Waals surface area contributed by atoms with E-state index in [0.717, 1.165) is 29.7 Å². The van der Waals surface area contributed by atoms with Crippen LogP contribution in [-0.2, 0) is 4.74 Å². The molecule has 0 spiro atoms. The van der Waals surface area contributed by atoms with Gasteiger partial charge in [-0.3, -0.25) is 9.78 Å². The van der Waals surface area contributed by atoms with Crippen LogP contribution in [0.2, 0.25) is 0 Å². The van der Waals surface area contributed by atoms with E-state index in [2.05, 4.69) is 16.0 Å². The SMILES string of the molecule is Cc1cc(C2CC2)ncc1C(=O)N(C1CCC1)C1COC1. The predicted octanol–water partition coefficient (Wildman–Crippen LogP) is 2.66. The van der Waals surface area contributed by atoms with E-state index in [-0.39, 0.29) is 11.9 Å². The minimum absolute atomic E-state index is 0.153. The van der Waals surface area contributed by atoms with Crippen LogP contribution >= 0.6 is 0 Å². The molecule has 3 aliphatic rings. The molecule has 1 aromatic heterocycles. The zero-order valence-corrected chi connectivity index (χ0v) is 12.5. The normalized spacial score (nSPS) is 22.5. The third-order valence-electron chi connectivity index (χ3n) is 5.07. The molecule has 0 bridgehead atoms. The molecule has 21 heavy (non-hydrogen) atoms. The third-order valence-corrected chi connectivity index (χ3v) is 5.07. The number of nitrogens with zero attached hydrogens (tertiary/aromatic N) is 2. The first kappa shape index (κ1) is 13.3. The van der Waals surface area contributed by atoms with E-state index in [1.807, 2.05) is 6.92 Å². The summed E-state index contributed by atoms with van der Waals surface area (Å²) in [6.45, 7) is 3.42. The zero-order valence-electron chi connectivity index (χ0n) is 12.5. The molecule has 2 heterocycles. The number of pyridine rings is 1. The van der Waals surface area contributed by atoms with Crippen molar-refractivity contribution in [3.05, 3.63) is 29.1 Å². The second-order valence-electron chi connectivity index (χ2n) is 6.69. The van der Waals surface area contributed by atoms with Crippen LogP contribution in [-0.4, -0.2) is 41.1 Å². The van der Waals surface area contributed by atoms with Crippen molar-refractivity contribution in [2.24, 2.45) is 0 Å². The van der Waals surface area contributed by atoms with Crippen molar-refractivity contribution in [2.75, 3.05) is 13.2 Å². The Morgan fingerprint density at radius 1 is 1.24 bits per heavy atom. The quantitative estimate of drug-likeness (QED) is 0.854. The highest BCUT2D eigenvalue weighted by atomic mass is 16.5. The van der Waals surface area contributed by atoms with Crippen LogP contribution < -0.4 is 0 Å². The van der Waals surface area contributed by atoms with Gasteiger partial charge in [-0.2, -0.15) is 0 Å². The average molecular weight is 286 g/mol. The van der Waals surface area contributed by atoms with Gasteiger partial charge in [-0.05, 0) is 50.7 Å². The fourth-order valence-corrected chi connectivity index (χ4v) is 3.22. The Labute approximate surface area is 125 Å². The monoisotopic (exact) mass is 286 g/mol. The van der Waals surface area contributed by atoms with E-state index in [1.54, 1.807) is 6.20 Å². The summed E-state index contributed by atoms with van der Waals surface area (Å²) < 4.78 is 5.30. The molecular weight excluding hydrogens is 264 g/mol. The van der Waals surface area contributed by atoms with Crippen molar-refractivity contribution in [1.29, 1.82) is 0 Å². The minimum Gasteiger partial charge on any atom is -0.377 e. The number of amides is 1. The summed E-state index contributed by atoms with van der Waals surface area (Å²) in [5.74, 6) is 0.788. The van der Waals surface area contributed by atoms with Gasteiger partial charge in [0.25, 0.3) is 5.91 Å². The summed E-state index contributed by atoms with van der Waals surface area (Å²) in [7, 11) is 0. The molecule has 0 aromatic carbocycles. The van der Waals surface area contributed by atoms with Gasteiger partial charge in [-0.25, -0.2) is 0 Å². The molecule has 4 rings (SSSR count). The van der Waals surface area contributed by atoms with Crippen molar-refractivity contribution in [1.82, 2.24) is 9.88 Å². The molecule has 3 fully saturated rings. The van der Waals surface area contributed by atoms with Gasteiger partial charge in [0.1, 0.15) is 0 Å². The lowest BCUT2D eigenvalue weighted by atomic mass is 9.89. The Morgan fingerprint density at radius 2 is 2.00 bits per heavy atom. The molecule has 1 amide bonds. The fourth-order valence-electron chi connectivity index (χ4n) is 3.22. The largest absolute Gasteiger partial charge is 0.377 e. The average Bonchev–Trinajstić information content (AvgIpc) is 3.17. The highest BCUT2D eigenvalue weighted by Gasteiger charge is 2.38. The minimum atomic E-state index is 0.153. The molecule has 0 radical (unpaired) electrons. The Balaban J connectivity index is 1.59. The highest BCUT2D eigenvalue weighted by Crippen LogP contribution is 2.39. The van der Waals surface area contributed by atoms with Crippen LogP contribution in [0.1, 0.15) is 59.6 Å². The second kappa shape index (κ2) is 5.09. The van der Waals surface area contributed by atoms with Crippen LogP contribution in [0, 0.1) is 6.92 Å². The molecule has 2 aliphatic carbocycles. The van der Waals surface area contributed by atoms with E-state index < -0.39 is 0 Å². The van der Waals surface area contributed by atoms with Crippen molar-refractivity contribution in [2.45, 2.75) is 57.0 Å². The van der Waals surface area contributed by atoms with E-state index in [4.69, 9.17) is 4.74 Å². The summed E-state index contributed by atoms with van der Waals surface area (Å²) in [6, 6.07) is 2.79. The number of aryl methyl sites for hydroxylation is 1. The Morgan fingerprint density at radius 3 is 2.48 bits per heavy atom. The van der Waals surface area contributed by atoms with Gasteiger partial charge in [-0.1, -0.05) is 0 Å². The number of carbonyl (C=O) groups is 1. The standard InChI is InChI=1S/C17H22N2O2/c1-11-7-16(12-5-6-12)18-8-15(11)17(20)19(13-3-2-4-13)14-9-21-10-14/h7-8,12-14H,2-6,9-10H2,1H3. The van der Waals surface area contributed by atoms with Crippen LogP contribution in [0.5, 0.6) is 0 Å². The first-order valence-electron chi connectivity index (χ1n) is 8.11. The number of ether oxygens (including phenoxy) is 1. The summed E-state index contributed by atoms with van der Waals surface area (Å²) in [4.78, 5) is 19.6. The molecule has 4 heteroatoms. The Bertz CT molecular complexity index is 546. The van der Waals surface area contributed by atoms with Crippen molar-refractivity contribution in [3.8, 4) is 0 Å². The lowest BCUT2D eigenvalue weighted by molar-refractivity contribution is -0.0748. The molecule has 0 atom stereocenters. The van der Waals surface area contributed by atoms with Crippen molar-refractivity contribution < 1.29 is 9.53 Å². The maximum absolute atomic E-state index is 13.0. The maximum atomic E-state index is 13.0. The Kier molecular flexibility index (Phi) is 3.21. The van der Waals surface area contributed by atoms with Crippen molar-refractivity contribution in [3.63, 3.8) is 0 Å². The van der Waals surface area contributed by atoms with Crippen LogP contribution in [0.4, 0.5) is 0 Å². The smallest absolute Gasteiger partial charge is 0.256 e. The summed E-state index contributed by atoms with van der Waals surface area (Å²) in [5, 5.41) is 0. The topological polar surface area (TPSA) is 42.4 Å². The third kappa shape index (κ3) is 2.35. The predicted molar refractivity (Wildman–Crippen MR) is 79.4 cm³/mol. The molecule has 1 aliphatic heterocycles. The van der Waals surface area contributed by atoms with Crippen LogP contribution in [0.25, 0.3) is 0 Å². The molecule has 2 saturated carbocycles. The summed E-state index contributed by atoms with van der Waals surface area (Å²) in [6.07, 6.45) is 7.79. The molecule has 1 saturated heterocycles. The van der Waals surface area contributed by atoms with Gasteiger partial charge < -0.3 is 9.64 Å². The molecule has 112 valence electrons. The second-order valence-corrected chi connectivity index (χ2v) is 6.69. The summed E-state index contributed by atoms with van der Waals surface area (Å²) in [5.41, 5.74) is 3.01. The number of hydrogen-bond donors (Lipinski definition) is 0. The van der Waals surface area contributed by atoms with Crippen LogP contribution in [0.3, 0.4) is 0 Å². The number of aromatic nitrogens is 1. The lowest BCUT2D eigenvalue weighted by Gasteiger charge is -2.45. The van der Waals surface area contributed by atoms with Gasteiger partial charge in [0.2, 0.25) is 0 Å². The molecule has 1 aromatic rings. The lowest BCUT2D eigenvalue weighted by Crippen LogP contribution is -2.57. The Hall–Kier alpha value is -1.42. The highest BCUT2D eigenvalue weighted by molar-refractivity contribution is 5.96. The molecular formula is C17H22N2O2. The van der Waals surface area contributed by atoms with Crippen molar-refractivity contribution >= 4 is 5.91 Å². The van der Waals surface area contributed by atoms with E-state index in [9.17, 15) is 4.79 Å². The number of carbonyl (C=O) groups excluding carboxylic acids is 1. The van der Waals surface area contributed by atoms with E-state index in [1.165, 1.54) is 19.3 Å². The van der Waals surface area contributed by atoms with Gasteiger partial charge in [-0.15, -0.1) is 0 Å².